The van der Waals surface area contributed by atoms with Crippen LogP contribution < -0.4 is 17.2 Å². The van der Waals surface area contributed by atoms with Crippen molar-refractivity contribution in [2.45, 2.75) is 25.7 Å². The van der Waals surface area contributed by atoms with Crippen molar-refractivity contribution in [1.82, 2.24) is 4.90 Å². The van der Waals surface area contributed by atoms with Gasteiger partial charge in [0.05, 0.1) is 13.1 Å². The van der Waals surface area contributed by atoms with E-state index >= 15 is 0 Å². The van der Waals surface area contributed by atoms with Crippen molar-refractivity contribution in [1.29, 1.82) is 0 Å². The quantitative estimate of drug-likeness (QED) is 0.417. The third kappa shape index (κ3) is 8.21. The minimum absolute atomic E-state index is 0.264. The second-order valence-electron chi connectivity index (χ2n) is 3.78. The number of hydrogen-bond donors (Lipinski definition) is 3. The highest BCUT2D eigenvalue weighted by atomic mass is 16.2. The Labute approximate surface area is 100 Å². The Morgan fingerprint density at radius 1 is 0.882 bits per heavy atom. The first-order chi connectivity index (χ1) is 7.97. The van der Waals surface area contributed by atoms with Crippen molar-refractivity contribution >= 4 is 17.7 Å². The summed E-state index contributed by atoms with van der Waals surface area (Å²) in [4.78, 5) is 34.2. The van der Waals surface area contributed by atoms with Crippen LogP contribution in [-0.4, -0.2) is 42.3 Å². The highest BCUT2D eigenvalue weighted by molar-refractivity contribution is 5.87. The number of rotatable bonds is 9. The monoisotopic (exact) mass is 244 g/mol. The average molecular weight is 244 g/mol. The molecule has 0 aromatic heterocycles. The van der Waals surface area contributed by atoms with Crippen molar-refractivity contribution in [3.05, 3.63) is 0 Å². The Morgan fingerprint density at radius 2 is 1.41 bits per heavy atom. The second-order valence-corrected chi connectivity index (χ2v) is 3.78. The molecule has 0 atom stereocenters. The van der Waals surface area contributed by atoms with E-state index in [2.05, 4.69) is 0 Å². The number of nitrogens with zero attached hydrogens (tertiary/aromatic N) is 1. The Morgan fingerprint density at radius 3 is 1.82 bits per heavy atom. The van der Waals surface area contributed by atoms with Crippen molar-refractivity contribution in [2.75, 3.05) is 19.6 Å². The predicted molar refractivity (Wildman–Crippen MR) is 62.5 cm³/mol. The molecule has 0 fully saturated rings. The first-order valence-electron chi connectivity index (χ1n) is 5.51. The minimum atomic E-state index is -0.665. The molecule has 0 heterocycles. The summed E-state index contributed by atoms with van der Waals surface area (Å²) in [6, 6.07) is 0. The third-order valence-electron chi connectivity index (χ3n) is 2.14. The molecule has 0 radical (unpaired) electrons. The maximum absolute atomic E-state index is 11.7. The molecule has 0 saturated heterocycles. The van der Waals surface area contributed by atoms with Crippen LogP contribution in [0, 0.1) is 0 Å². The molecular formula is C10H20N4O3. The summed E-state index contributed by atoms with van der Waals surface area (Å²) >= 11 is 0. The van der Waals surface area contributed by atoms with Gasteiger partial charge in [-0.1, -0.05) is 6.42 Å². The maximum Gasteiger partial charge on any atom is 0.237 e. The van der Waals surface area contributed by atoms with E-state index in [1.165, 1.54) is 0 Å². The molecule has 0 aromatic rings. The average Bonchev–Trinajstić information content (AvgIpc) is 2.22. The van der Waals surface area contributed by atoms with Crippen LogP contribution in [0.2, 0.25) is 0 Å². The fourth-order valence-corrected chi connectivity index (χ4v) is 1.36. The first-order valence-corrected chi connectivity index (χ1v) is 5.51. The molecule has 6 N–H and O–H groups in total. The number of primary amides is 2. The van der Waals surface area contributed by atoms with Crippen LogP contribution in [-0.2, 0) is 14.4 Å². The predicted octanol–water partition coefficient (Wildman–Crippen LogP) is -1.70. The second kappa shape index (κ2) is 8.51. The lowest BCUT2D eigenvalue weighted by Gasteiger charge is -2.19. The lowest BCUT2D eigenvalue weighted by Crippen LogP contribution is -2.43. The normalized spacial score (nSPS) is 9.94. The van der Waals surface area contributed by atoms with E-state index in [-0.39, 0.29) is 25.4 Å². The molecule has 0 aliphatic heterocycles. The van der Waals surface area contributed by atoms with E-state index < -0.39 is 11.8 Å². The zero-order chi connectivity index (χ0) is 13.3. The van der Waals surface area contributed by atoms with Crippen LogP contribution in [0.25, 0.3) is 0 Å². The van der Waals surface area contributed by atoms with Gasteiger partial charge in [-0.15, -0.1) is 0 Å². The Bertz CT molecular complexity index is 265. The molecule has 0 bridgehead atoms. The Hall–Kier alpha value is -1.63. The number of hydrogen-bond acceptors (Lipinski definition) is 4. The summed E-state index contributed by atoms with van der Waals surface area (Å²) < 4.78 is 0. The molecule has 7 heteroatoms. The molecule has 0 saturated carbocycles. The molecule has 0 aliphatic rings. The number of unbranched alkanes of at least 4 members (excludes halogenated alkanes) is 2. The maximum atomic E-state index is 11.7. The number of amides is 3. The number of carbonyl (C=O) groups is 3. The van der Waals surface area contributed by atoms with Crippen LogP contribution in [0.1, 0.15) is 25.7 Å². The third-order valence-corrected chi connectivity index (χ3v) is 2.14. The molecule has 3 amide bonds. The van der Waals surface area contributed by atoms with Crippen LogP contribution >= 0.6 is 0 Å². The van der Waals surface area contributed by atoms with E-state index in [0.717, 1.165) is 17.7 Å². The minimum Gasteiger partial charge on any atom is -0.368 e. The van der Waals surface area contributed by atoms with Crippen LogP contribution in [0.3, 0.4) is 0 Å². The van der Waals surface area contributed by atoms with E-state index in [1.54, 1.807) is 0 Å². The van der Waals surface area contributed by atoms with Gasteiger partial charge in [-0.25, -0.2) is 0 Å². The van der Waals surface area contributed by atoms with Crippen LogP contribution in [0.4, 0.5) is 0 Å². The molecule has 0 aliphatic carbocycles. The van der Waals surface area contributed by atoms with Crippen LogP contribution in [0.15, 0.2) is 0 Å². The SMILES string of the molecule is NCCCCCC(=O)N(CC(N)=O)CC(N)=O. The van der Waals surface area contributed by atoms with Crippen molar-refractivity contribution in [3.63, 3.8) is 0 Å². The molecule has 0 aromatic carbocycles. The van der Waals surface area contributed by atoms with E-state index in [0.29, 0.717) is 13.0 Å². The van der Waals surface area contributed by atoms with E-state index in [4.69, 9.17) is 17.2 Å². The van der Waals surface area contributed by atoms with Gasteiger partial charge < -0.3 is 22.1 Å². The van der Waals surface area contributed by atoms with Gasteiger partial charge in [0.2, 0.25) is 17.7 Å². The summed E-state index contributed by atoms with van der Waals surface area (Å²) in [6.45, 7) is 0.0256. The molecule has 7 nitrogen and oxygen atoms in total. The van der Waals surface area contributed by atoms with E-state index in [1.807, 2.05) is 0 Å². The summed E-state index contributed by atoms with van der Waals surface area (Å²) in [5, 5.41) is 0. The fraction of sp³-hybridized carbons (Fsp3) is 0.700. The van der Waals surface area contributed by atoms with E-state index in [9.17, 15) is 14.4 Å². The summed E-state index contributed by atoms with van der Waals surface area (Å²) in [5.41, 5.74) is 15.3. The highest BCUT2D eigenvalue weighted by Crippen LogP contribution is 2.02. The smallest absolute Gasteiger partial charge is 0.237 e. The summed E-state index contributed by atoms with van der Waals surface area (Å²) in [7, 11) is 0. The van der Waals surface area contributed by atoms with Gasteiger partial charge >= 0.3 is 0 Å². The highest BCUT2D eigenvalue weighted by Gasteiger charge is 2.17. The van der Waals surface area contributed by atoms with Gasteiger partial charge in [-0.3, -0.25) is 14.4 Å². The Balaban J connectivity index is 4.12. The van der Waals surface area contributed by atoms with Crippen LogP contribution in [0.5, 0.6) is 0 Å². The van der Waals surface area contributed by atoms with Gasteiger partial charge in [0.25, 0.3) is 0 Å². The standard InChI is InChI=1S/C10H20N4O3/c11-5-3-1-2-4-10(17)14(6-8(12)15)7-9(13)16/h1-7,11H2,(H2,12,15)(H2,13,16). The van der Waals surface area contributed by atoms with Gasteiger partial charge in [0.15, 0.2) is 0 Å². The topological polar surface area (TPSA) is 133 Å². The van der Waals surface area contributed by atoms with Gasteiger partial charge in [-0.05, 0) is 19.4 Å². The number of carbonyl (C=O) groups excluding carboxylic acids is 3. The lowest BCUT2D eigenvalue weighted by atomic mass is 10.2. The first kappa shape index (κ1) is 15.4. The molecule has 17 heavy (non-hydrogen) atoms. The fourth-order valence-electron chi connectivity index (χ4n) is 1.36. The zero-order valence-electron chi connectivity index (χ0n) is 9.85. The van der Waals surface area contributed by atoms with Crippen molar-refractivity contribution in [2.24, 2.45) is 17.2 Å². The molecular weight excluding hydrogens is 224 g/mol. The zero-order valence-corrected chi connectivity index (χ0v) is 9.85. The van der Waals surface area contributed by atoms with Gasteiger partial charge in [0.1, 0.15) is 0 Å². The summed E-state index contributed by atoms with van der Waals surface area (Å²) in [6.07, 6.45) is 2.62. The summed E-state index contributed by atoms with van der Waals surface area (Å²) in [5.74, 6) is -1.62. The largest absolute Gasteiger partial charge is 0.368 e. The lowest BCUT2D eigenvalue weighted by molar-refractivity contribution is -0.138. The van der Waals surface area contributed by atoms with Crippen molar-refractivity contribution < 1.29 is 14.4 Å². The molecule has 0 rings (SSSR count). The van der Waals surface area contributed by atoms with Crippen molar-refractivity contribution in [3.8, 4) is 0 Å². The number of nitrogens with two attached hydrogens (primary N) is 3. The van der Waals surface area contributed by atoms with Gasteiger partial charge in [-0.2, -0.15) is 0 Å². The molecule has 98 valence electrons. The Kier molecular flexibility index (Phi) is 7.70. The van der Waals surface area contributed by atoms with Gasteiger partial charge in [0, 0.05) is 6.42 Å². The molecule has 0 unspecified atom stereocenters. The molecule has 0 spiro atoms.